The van der Waals surface area contributed by atoms with Crippen LogP contribution in [0.15, 0.2) is 0 Å². The van der Waals surface area contributed by atoms with Crippen molar-refractivity contribution in [3.05, 3.63) is 0 Å². The fourth-order valence-electron chi connectivity index (χ4n) is 2.91. The molecule has 2 atom stereocenters. The van der Waals surface area contributed by atoms with Crippen molar-refractivity contribution in [1.29, 1.82) is 0 Å². The molecule has 84 valence electrons. The molecule has 2 aliphatic rings. The highest BCUT2D eigenvalue weighted by Crippen LogP contribution is 2.36. The minimum absolute atomic E-state index is 0.0469. The summed E-state index contributed by atoms with van der Waals surface area (Å²) in [6, 6.07) is 0. The van der Waals surface area contributed by atoms with Gasteiger partial charge >= 0.3 is 5.97 Å². The van der Waals surface area contributed by atoms with Gasteiger partial charge in [-0.25, -0.2) is 0 Å². The van der Waals surface area contributed by atoms with E-state index in [1.807, 2.05) is 0 Å². The van der Waals surface area contributed by atoms with Gasteiger partial charge in [0, 0.05) is 6.54 Å². The fourth-order valence-corrected chi connectivity index (χ4v) is 2.91. The minimum atomic E-state index is -0.830. The zero-order valence-electron chi connectivity index (χ0n) is 8.74. The predicted octanol–water partition coefficient (Wildman–Crippen LogP) is 1.01. The monoisotopic (exact) mass is 211 g/mol. The topological polar surface area (TPSA) is 66.4 Å². The Hall–Kier alpha value is -1.06. The van der Waals surface area contributed by atoms with Gasteiger partial charge in [0.15, 0.2) is 0 Å². The normalized spacial score (nSPS) is 32.7. The average Bonchev–Trinajstić information content (AvgIpc) is 2.61. The molecule has 4 nitrogen and oxygen atoms in total. The van der Waals surface area contributed by atoms with Crippen molar-refractivity contribution in [3.8, 4) is 0 Å². The van der Waals surface area contributed by atoms with Gasteiger partial charge in [0.05, 0.1) is 11.8 Å². The molecule has 0 spiro atoms. The number of carbonyl (C=O) groups is 2. The molecule has 2 N–H and O–H groups in total. The summed E-state index contributed by atoms with van der Waals surface area (Å²) in [6.45, 7) is 0.315. The second-order valence-electron chi connectivity index (χ2n) is 4.61. The highest BCUT2D eigenvalue weighted by atomic mass is 16.4. The van der Waals surface area contributed by atoms with Crippen LogP contribution in [0.4, 0.5) is 0 Å². The van der Waals surface area contributed by atoms with Gasteiger partial charge in [0.1, 0.15) is 0 Å². The van der Waals surface area contributed by atoms with Crippen LogP contribution in [0.1, 0.15) is 32.1 Å². The third-order valence-corrected chi connectivity index (χ3v) is 3.71. The van der Waals surface area contributed by atoms with E-state index in [4.69, 9.17) is 5.11 Å². The quantitative estimate of drug-likeness (QED) is 0.716. The molecular weight excluding hydrogens is 194 g/mol. The van der Waals surface area contributed by atoms with E-state index < -0.39 is 11.9 Å². The Morgan fingerprint density at radius 3 is 2.53 bits per heavy atom. The lowest BCUT2D eigenvalue weighted by Crippen LogP contribution is -2.32. The van der Waals surface area contributed by atoms with Gasteiger partial charge in [-0.05, 0) is 18.8 Å². The van der Waals surface area contributed by atoms with Gasteiger partial charge in [-0.1, -0.05) is 19.3 Å². The van der Waals surface area contributed by atoms with E-state index in [2.05, 4.69) is 5.32 Å². The first-order valence-corrected chi connectivity index (χ1v) is 5.70. The summed E-state index contributed by atoms with van der Waals surface area (Å²) >= 11 is 0. The number of hydrogen-bond donors (Lipinski definition) is 2. The molecule has 4 heteroatoms. The lowest BCUT2D eigenvalue weighted by molar-refractivity contribution is -0.145. The summed E-state index contributed by atoms with van der Waals surface area (Å²) in [7, 11) is 0. The largest absolute Gasteiger partial charge is 0.481 e. The maximum atomic E-state index is 11.6. The number of amides is 1. The van der Waals surface area contributed by atoms with Gasteiger partial charge in [-0.2, -0.15) is 0 Å². The summed E-state index contributed by atoms with van der Waals surface area (Å²) in [5.41, 5.74) is 0. The predicted molar refractivity (Wildman–Crippen MR) is 54.2 cm³/mol. The molecule has 2 fully saturated rings. The second kappa shape index (κ2) is 4.21. The Labute approximate surface area is 89.0 Å². The molecule has 1 heterocycles. The third kappa shape index (κ3) is 1.98. The maximum Gasteiger partial charge on any atom is 0.309 e. The molecule has 1 aliphatic carbocycles. The van der Waals surface area contributed by atoms with E-state index in [1.54, 1.807) is 0 Å². The minimum Gasteiger partial charge on any atom is -0.481 e. The lowest BCUT2D eigenvalue weighted by atomic mass is 9.75. The van der Waals surface area contributed by atoms with Crippen molar-refractivity contribution in [2.75, 3.05) is 6.54 Å². The van der Waals surface area contributed by atoms with E-state index in [-0.39, 0.29) is 11.8 Å². The molecule has 15 heavy (non-hydrogen) atoms. The van der Waals surface area contributed by atoms with Gasteiger partial charge in [0.2, 0.25) is 5.91 Å². The molecule has 0 aromatic carbocycles. The molecule has 0 aromatic rings. The number of carboxylic acids is 1. The van der Waals surface area contributed by atoms with Crippen molar-refractivity contribution in [2.45, 2.75) is 32.1 Å². The Kier molecular flexibility index (Phi) is 2.93. The molecular formula is C11H17NO3. The van der Waals surface area contributed by atoms with E-state index in [1.165, 1.54) is 6.42 Å². The molecule has 0 aromatic heterocycles. The Balaban J connectivity index is 2.09. The molecule has 1 saturated heterocycles. The highest BCUT2D eigenvalue weighted by molar-refractivity contribution is 5.88. The molecule has 0 bridgehead atoms. The van der Waals surface area contributed by atoms with E-state index in [9.17, 15) is 9.59 Å². The smallest absolute Gasteiger partial charge is 0.309 e. The van der Waals surface area contributed by atoms with Crippen LogP contribution in [0.2, 0.25) is 0 Å². The van der Waals surface area contributed by atoms with Crippen molar-refractivity contribution in [1.82, 2.24) is 5.32 Å². The maximum absolute atomic E-state index is 11.6. The lowest BCUT2D eigenvalue weighted by Gasteiger charge is -2.27. The Morgan fingerprint density at radius 1 is 1.27 bits per heavy atom. The van der Waals surface area contributed by atoms with Gasteiger partial charge in [0.25, 0.3) is 0 Å². The molecule has 1 amide bonds. The summed E-state index contributed by atoms with van der Waals surface area (Å²) in [4.78, 5) is 22.6. The van der Waals surface area contributed by atoms with Crippen LogP contribution in [0.3, 0.4) is 0 Å². The molecule has 1 saturated carbocycles. The first kappa shape index (κ1) is 10.5. The van der Waals surface area contributed by atoms with Crippen molar-refractivity contribution in [3.63, 3.8) is 0 Å². The van der Waals surface area contributed by atoms with Crippen molar-refractivity contribution in [2.24, 2.45) is 17.8 Å². The van der Waals surface area contributed by atoms with E-state index >= 15 is 0 Å². The first-order chi connectivity index (χ1) is 7.20. The SMILES string of the molecule is O=C(O)[C@H]1CNC(=O)[C@@H]1C1CCCCC1. The van der Waals surface area contributed by atoms with Gasteiger partial charge in [-0.3, -0.25) is 9.59 Å². The van der Waals surface area contributed by atoms with Crippen LogP contribution in [0.25, 0.3) is 0 Å². The summed E-state index contributed by atoms with van der Waals surface area (Å²) in [5.74, 6) is -1.36. The Morgan fingerprint density at radius 2 is 1.93 bits per heavy atom. The molecule has 1 aliphatic heterocycles. The van der Waals surface area contributed by atoms with Crippen molar-refractivity contribution < 1.29 is 14.7 Å². The van der Waals surface area contributed by atoms with Crippen LogP contribution < -0.4 is 5.32 Å². The average molecular weight is 211 g/mol. The molecule has 2 rings (SSSR count). The van der Waals surface area contributed by atoms with Gasteiger partial charge in [-0.15, -0.1) is 0 Å². The zero-order valence-corrected chi connectivity index (χ0v) is 8.74. The van der Waals surface area contributed by atoms with Crippen LogP contribution in [0.5, 0.6) is 0 Å². The van der Waals surface area contributed by atoms with Crippen molar-refractivity contribution >= 4 is 11.9 Å². The summed E-state index contributed by atoms with van der Waals surface area (Å²) in [5, 5.41) is 11.7. The first-order valence-electron chi connectivity index (χ1n) is 5.70. The third-order valence-electron chi connectivity index (χ3n) is 3.71. The second-order valence-corrected chi connectivity index (χ2v) is 4.61. The molecule has 0 unspecified atom stereocenters. The summed E-state index contributed by atoms with van der Waals surface area (Å²) < 4.78 is 0. The molecule has 0 radical (unpaired) electrons. The van der Waals surface area contributed by atoms with E-state index in [0.717, 1.165) is 25.7 Å². The van der Waals surface area contributed by atoms with Crippen LogP contribution >= 0.6 is 0 Å². The van der Waals surface area contributed by atoms with Crippen LogP contribution in [0, 0.1) is 17.8 Å². The Bertz CT molecular complexity index is 271. The number of carboxylic acid groups (broad SMARTS) is 1. The van der Waals surface area contributed by atoms with Crippen LogP contribution in [-0.4, -0.2) is 23.5 Å². The fraction of sp³-hybridized carbons (Fsp3) is 0.818. The van der Waals surface area contributed by atoms with E-state index in [0.29, 0.717) is 12.5 Å². The zero-order chi connectivity index (χ0) is 10.8. The van der Waals surface area contributed by atoms with Gasteiger partial charge < -0.3 is 10.4 Å². The highest BCUT2D eigenvalue weighted by Gasteiger charge is 2.44. The number of rotatable bonds is 2. The standard InChI is InChI=1S/C11H17NO3/c13-10-9(7-4-2-1-3-5-7)8(6-12-10)11(14)15/h7-9H,1-6H2,(H,12,13)(H,14,15)/t8-,9+/m0/s1. The number of carbonyl (C=O) groups excluding carboxylic acids is 1. The number of aliphatic carboxylic acids is 1. The van der Waals surface area contributed by atoms with Crippen LogP contribution in [-0.2, 0) is 9.59 Å². The summed E-state index contributed by atoms with van der Waals surface area (Å²) in [6.07, 6.45) is 5.54. The number of nitrogens with one attached hydrogen (secondary N) is 1. The number of hydrogen-bond acceptors (Lipinski definition) is 2.